The number of hydrogen-bond acceptors (Lipinski definition) is 2. The Bertz CT molecular complexity index is 578. The van der Waals surface area contributed by atoms with Crippen LogP contribution in [0, 0.1) is 0 Å². The Kier molecular flexibility index (Phi) is 3.44. The summed E-state index contributed by atoms with van der Waals surface area (Å²) in [4.78, 5) is 16.6. The monoisotopic (exact) mass is 231 g/mol. The first-order valence-corrected chi connectivity index (χ1v) is 5.79. The highest BCUT2D eigenvalue weighted by molar-refractivity contribution is 5.77. The van der Waals surface area contributed by atoms with Crippen LogP contribution in [0.4, 0.5) is 0 Å². The van der Waals surface area contributed by atoms with Crippen molar-refractivity contribution in [3.8, 4) is 0 Å². The van der Waals surface area contributed by atoms with Gasteiger partial charge in [-0.1, -0.05) is 18.2 Å². The van der Waals surface area contributed by atoms with Crippen LogP contribution in [0.15, 0.2) is 29.1 Å². The van der Waals surface area contributed by atoms with Crippen LogP contribution in [0.5, 0.6) is 0 Å². The maximum Gasteiger partial charge on any atom is 0.323 e. The lowest BCUT2D eigenvalue weighted by Gasteiger charge is -1.99. The SMILES string of the molecule is CC(N)CC/C=C/c1ccc2[nH]c(=O)[nH]c2c1. The summed E-state index contributed by atoms with van der Waals surface area (Å²) in [6.07, 6.45) is 6.11. The fourth-order valence-corrected chi connectivity index (χ4v) is 1.73. The second-order valence-electron chi connectivity index (χ2n) is 4.34. The summed E-state index contributed by atoms with van der Waals surface area (Å²) in [5, 5.41) is 0. The fraction of sp³-hybridized carbons (Fsp3) is 0.308. The highest BCUT2D eigenvalue weighted by atomic mass is 16.1. The van der Waals surface area contributed by atoms with Gasteiger partial charge in [-0.3, -0.25) is 0 Å². The third-order valence-corrected chi connectivity index (χ3v) is 2.64. The summed E-state index contributed by atoms with van der Waals surface area (Å²) >= 11 is 0. The molecule has 90 valence electrons. The molecular formula is C13H17N3O. The zero-order valence-electron chi connectivity index (χ0n) is 9.86. The quantitative estimate of drug-likeness (QED) is 0.752. The lowest BCUT2D eigenvalue weighted by atomic mass is 10.1. The molecule has 1 unspecified atom stereocenters. The summed E-state index contributed by atoms with van der Waals surface area (Å²) in [6.45, 7) is 2.00. The highest BCUT2D eigenvalue weighted by Gasteiger charge is 1.97. The number of hydrogen-bond donors (Lipinski definition) is 3. The molecule has 4 heteroatoms. The van der Waals surface area contributed by atoms with Crippen molar-refractivity contribution < 1.29 is 0 Å². The maximum absolute atomic E-state index is 11.1. The van der Waals surface area contributed by atoms with E-state index in [1.165, 1.54) is 0 Å². The third-order valence-electron chi connectivity index (χ3n) is 2.64. The van der Waals surface area contributed by atoms with Crippen molar-refractivity contribution in [1.82, 2.24) is 9.97 Å². The normalized spacial score (nSPS) is 13.5. The first-order valence-electron chi connectivity index (χ1n) is 5.79. The van der Waals surface area contributed by atoms with Gasteiger partial charge in [-0.25, -0.2) is 4.79 Å². The standard InChI is InChI=1S/C13H17N3O/c1-9(14)4-2-3-5-10-6-7-11-12(8-10)16-13(17)15-11/h3,5-9H,2,4,14H2,1H3,(H2,15,16,17)/b5-3+. The summed E-state index contributed by atoms with van der Waals surface area (Å²) < 4.78 is 0. The van der Waals surface area contributed by atoms with E-state index < -0.39 is 0 Å². The van der Waals surface area contributed by atoms with Gasteiger partial charge in [0.1, 0.15) is 0 Å². The Labute approximate surface area is 99.5 Å². The first-order chi connectivity index (χ1) is 8.15. The zero-order valence-corrected chi connectivity index (χ0v) is 9.86. The van der Waals surface area contributed by atoms with Gasteiger partial charge in [-0.2, -0.15) is 0 Å². The molecule has 0 saturated carbocycles. The molecule has 2 rings (SSSR count). The van der Waals surface area contributed by atoms with Gasteiger partial charge in [-0.15, -0.1) is 0 Å². The van der Waals surface area contributed by atoms with E-state index in [9.17, 15) is 4.79 Å². The van der Waals surface area contributed by atoms with E-state index in [-0.39, 0.29) is 11.7 Å². The van der Waals surface area contributed by atoms with Crippen molar-refractivity contribution in [2.75, 3.05) is 0 Å². The lowest BCUT2D eigenvalue weighted by molar-refractivity contribution is 0.677. The average Bonchev–Trinajstić information content (AvgIpc) is 2.63. The Morgan fingerprint density at radius 2 is 2.12 bits per heavy atom. The van der Waals surface area contributed by atoms with E-state index in [1.54, 1.807) is 0 Å². The number of nitrogens with one attached hydrogen (secondary N) is 2. The van der Waals surface area contributed by atoms with Crippen molar-refractivity contribution in [2.45, 2.75) is 25.8 Å². The molecule has 0 aliphatic heterocycles. The summed E-state index contributed by atoms with van der Waals surface area (Å²) in [7, 11) is 0. The highest BCUT2D eigenvalue weighted by Crippen LogP contribution is 2.12. The van der Waals surface area contributed by atoms with Crippen molar-refractivity contribution in [1.29, 1.82) is 0 Å². The smallest absolute Gasteiger partial charge is 0.323 e. The predicted molar refractivity (Wildman–Crippen MR) is 70.8 cm³/mol. The minimum absolute atomic E-state index is 0.168. The van der Waals surface area contributed by atoms with Gasteiger partial charge in [0, 0.05) is 6.04 Å². The molecule has 0 fully saturated rings. The minimum Gasteiger partial charge on any atom is -0.328 e. The second kappa shape index (κ2) is 5.01. The topological polar surface area (TPSA) is 74.7 Å². The van der Waals surface area contributed by atoms with Gasteiger partial charge in [0.05, 0.1) is 11.0 Å². The van der Waals surface area contributed by atoms with Gasteiger partial charge < -0.3 is 15.7 Å². The van der Waals surface area contributed by atoms with Crippen molar-refractivity contribution >= 4 is 17.1 Å². The number of rotatable bonds is 4. The van der Waals surface area contributed by atoms with Crippen LogP contribution < -0.4 is 11.4 Å². The molecule has 0 spiro atoms. The van der Waals surface area contributed by atoms with Gasteiger partial charge in [0.2, 0.25) is 0 Å². The Morgan fingerprint density at radius 3 is 2.88 bits per heavy atom. The van der Waals surface area contributed by atoms with Crippen molar-refractivity contribution in [2.24, 2.45) is 5.73 Å². The van der Waals surface area contributed by atoms with E-state index in [2.05, 4.69) is 16.0 Å². The van der Waals surface area contributed by atoms with E-state index >= 15 is 0 Å². The number of aromatic nitrogens is 2. The molecule has 0 amide bonds. The molecule has 0 aliphatic carbocycles. The van der Waals surface area contributed by atoms with E-state index in [0.717, 1.165) is 29.4 Å². The molecule has 0 radical (unpaired) electrons. The molecule has 1 aromatic heterocycles. The number of fused-ring (bicyclic) bond motifs is 1. The summed E-state index contributed by atoms with van der Waals surface area (Å²) in [5.74, 6) is 0. The molecule has 4 nitrogen and oxygen atoms in total. The van der Waals surface area contributed by atoms with Crippen LogP contribution in [0.1, 0.15) is 25.3 Å². The van der Waals surface area contributed by atoms with Crippen LogP contribution in [-0.2, 0) is 0 Å². The molecule has 17 heavy (non-hydrogen) atoms. The number of nitrogens with two attached hydrogens (primary N) is 1. The van der Waals surface area contributed by atoms with E-state index in [1.807, 2.05) is 31.2 Å². The molecule has 0 aliphatic rings. The minimum atomic E-state index is -0.168. The van der Waals surface area contributed by atoms with Crippen molar-refractivity contribution in [3.63, 3.8) is 0 Å². The summed E-state index contributed by atoms with van der Waals surface area (Å²) in [6, 6.07) is 6.07. The van der Waals surface area contributed by atoms with Crippen LogP contribution in [-0.4, -0.2) is 16.0 Å². The Balaban J connectivity index is 2.11. The molecular weight excluding hydrogens is 214 g/mol. The van der Waals surface area contributed by atoms with Crippen LogP contribution in [0.2, 0.25) is 0 Å². The largest absolute Gasteiger partial charge is 0.328 e. The van der Waals surface area contributed by atoms with E-state index in [0.29, 0.717) is 0 Å². The fourth-order valence-electron chi connectivity index (χ4n) is 1.73. The van der Waals surface area contributed by atoms with Crippen LogP contribution in [0.3, 0.4) is 0 Å². The average molecular weight is 231 g/mol. The molecule has 1 aromatic carbocycles. The lowest BCUT2D eigenvalue weighted by Crippen LogP contribution is -2.13. The molecule has 1 heterocycles. The molecule has 4 N–H and O–H groups in total. The third kappa shape index (κ3) is 3.07. The number of allylic oxidation sites excluding steroid dienone is 1. The Hall–Kier alpha value is -1.81. The van der Waals surface area contributed by atoms with Gasteiger partial charge in [0.15, 0.2) is 0 Å². The Morgan fingerprint density at radius 1 is 1.35 bits per heavy atom. The van der Waals surface area contributed by atoms with Crippen LogP contribution >= 0.6 is 0 Å². The maximum atomic E-state index is 11.1. The molecule has 1 atom stereocenters. The van der Waals surface area contributed by atoms with E-state index in [4.69, 9.17) is 5.73 Å². The molecule has 0 saturated heterocycles. The van der Waals surface area contributed by atoms with Gasteiger partial charge >= 0.3 is 5.69 Å². The number of aromatic amines is 2. The summed E-state index contributed by atoms with van der Waals surface area (Å²) in [5.41, 5.74) is 8.26. The molecule has 2 aromatic rings. The second-order valence-corrected chi connectivity index (χ2v) is 4.34. The number of imidazole rings is 1. The molecule has 0 bridgehead atoms. The first kappa shape index (κ1) is 11.7. The number of H-pyrrole nitrogens is 2. The zero-order chi connectivity index (χ0) is 12.3. The predicted octanol–water partition coefficient (Wildman–Crippen LogP) is 2.00. The van der Waals surface area contributed by atoms with Crippen LogP contribution in [0.25, 0.3) is 17.1 Å². The van der Waals surface area contributed by atoms with Crippen molar-refractivity contribution in [3.05, 3.63) is 40.3 Å². The number of benzene rings is 1. The van der Waals surface area contributed by atoms with Gasteiger partial charge in [0.25, 0.3) is 0 Å². The van der Waals surface area contributed by atoms with Gasteiger partial charge in [-0.05, 0) is 37.5 Å².